The van der Waals surface area contributed by atoms with E-state index in [1.165, 1.54) is 5.56 Å². The first-order valence-corrected chi connectivity index (χ1v) is 10.3. The Hall–Kier alpha value is -3.60. The maximum Gasteiger partial charge on any atom is 0.121 e. The molecule has 1 atom stereocenters. The van der Waals surface area contributed by atoms with Crippen molar-refractivity contribution in [2.75, 3.05) is 18.1 Å². The number of para-hydroxylation sites is 1. The SMILES string of the molecule is OCC(O)COc1cccc(N(c2ccccc2)c2ccc(-c3ccccc3)cc2)c1. The summed E-state index contributed by atoms with van der Waals surface area (Å²) in [5, 5.41) is 18.6. The number of ether oxygens (including phenoxy) is 1. The quantitative estimate of drug-likeness (QED) is 0.399. The molecule has 31 heavy (non-hydrogen) atoms. The molecule has 0 aliphatic carbocycles. The number of hydrogen-bond acceptors (Lipinski definition) is 4. The third-order valence-corrected chi connectivity index (χ3v) is 4.98. The van der Waals surface area contributed by atoms with Gasteiger partial charge in [0.05, 0.1) is 6.61 Å². The van der Waals surface area contributed by atoms with Crippen LogP contribution in [0.15, 0.2) is 109 Å². The van der Waals surface area contributed by atoms with Gasteiger partial charge >= 0.3 is 0 Å². The third-order valence-electron chi connectivity index (χ3n) is 4.98. The fourth-order valence-electron chi connectivity index (χ4n) is 3.42. The average Bonchev–Trinajstić information content (AvgIpc) is 2.85. The van der Waals surface area contributed by atoms with Crippen molar-refractivity contribution < 1.29 is 14.9 Å². The summed E-state index contributed by atoms with van der Waals surface area (Å²) < 4.78 is 5.66. The number of nitrogens with zero attached hydrogens (tertiary/aromatic N) is 1. The zero-order chi connectivity index (χ0) is 21.5. The summed E-state index contributed by atoms with van der Waals surface area (Å²) in [7, 11) is 0. The van der Waals surface area contributed by atoms with Crippen molar-refractivity contribution in [1.29, 1.82) is 0 Å². The van der Waals surface area contributed by atoms with Gasteiger partial charge < -0.3 is 19.8 Å². The van der Waals surface area contributed by atoms with E-state index in [0.717, 1.165) is 22.6 Å². The van der Waals surface area contributed by atoms with Crippen LogP contribution < -0.4 is 9.64 Å². The van der Waals surface area contributed by atoms with Crippen LogP contribution in [0, 0.1) is 0 Å². The van der Waals surface area contributed by atoms with Gasteiger partial charge in [-0.25, -0.2) is 0 Å². The molecular weight excluding hydrogens is 386 g/mol. The Balaban J connectivity index is 1.68. The number of hydrogen-bond donors (Lipinski definition) is 2. The van der Waals surface area contributed by atoms with E-state index in [1.54, 1.807) is 0 Å². The molecule has 0 fully saturated rings. The summed E-state index contributed by atoms with van der Waals surface area (Å²) in [6, 6.07) is 36.6. The summed E-state index contributed by atoms with van der Waals surface area (Å²) in [6.45, 7) is -0.291. The van der Waals surface area contributed by atoms with Crippen LogP contribution in [0.25, 0.3) is 11.1 Å². The fraction of sp³-hybridized carbons (Fsp3) is 0.111. The van der Waals surface area contributed by atoms with Crippen LogP contribution in [0.4, 0.5) is 17.1 Å². The largest absolute Gasteiger partial charge is 0.491 e. The van der Waals surface area contributed by atoms with Crippen molar-refractivity contribution in [2.24, 2.45) is 0 Å². The molecule has 2 N–H and O–H groups in total. The highest BCUT2D eigenvalue weighted by atomic mass is 16.5. The molecule has 0 heterocycles. The lowest BCUT2D eigenvalue weighted by molar-refractivity contribution is 0.0536. The van der Waals surface area contributed by atoms with E-state index in [9.17, 15) is 5.11 Å². The maximum atomic E-state index is 9.59. The summed E-state index contributed by atoms with van der Waals surface area (Å²) in [5.41, 5.74) is 5.33. The van der Waals surface area contributed by atoms with Gasteiger partial charge in [-0.05, 0) is 47.5 Å². The molecule has 0 amide bonds. The average molecular weight is 412 g/mol. The van der Waals surface area contributed by atoms with Gasteiger partial charge in [-0.2, -0.15) is 0 Å². The Morgan fingerprint density at radius 1 is 0.645 bits per heavy atom. The molecule has 0 radical (unpaired) electrons. The Morgan fingerprint density at radius 2 is 1.23 bits per heavy atom. The lowest BCUT2D eigenvalue weighted by Crippen LogP contribution is -2.21. The molecule has 0 spiro atoms. The van der Waals surface area contributed by atoms with Crippen molar-refractivity contribution in [3.63, 3.8) is 0 Å². The highest BCUT2D eigenvalue weighted by Crippen LogP contribution is 2.36. The molecule has 0 saturated carbocycles. The first-order chi connectivity index (χ1) is 15.2. The summed E-state index contributed by atoms with van der Waals surface area (Å²) in [4.78, 5) is 2.16. The van der Waals surface area contributed by atoms with Crippen LogP contribution in [0.1, 0.15) is 0 Å². The van der Waals surface area contributed by atoms with Crippen LogP contribution in [0.2, 0.25) is 0 Å². The molecule has 0 aliphatic heterocycles. The second kappa shape index (κ2) is 9.94. The van der Waals surface area contributed by atoms with E-state index in [0.29, 0.717) is 5.75 Å². The van der Waals surface area contributed by atoms with Crippen LogP contribution in [0.5, 0.6) is 5.75 Å². The lowest BCUT2D eigenvalue weighted by atomic mass is 10.0. The molecule has 4 nitrogen and oxygen atoms in total. The van der Waals surface area contributed by atoms with Gasteiger partial charge in [0.1, 0.15) is 18.5 Å². The van der Waals surface area contributed by atoms with E-state index in [1.807, 2.05) is 60.7 Å². The summed E-state index contributed by atoms with van der Waals surface area (Å²) in [5.74, 6) is 0.631. The lowest BCUT2D eigenvalue weighted by Gasteiger charge is -2.26. The predicted molar refractivity (Wildman–Crippen MR) is 125 cm³/mol. The molecule has 4 heteroatoms. The van der Waals surface area contributed by atoms with Gasteiger partial charge in [-0.1, -0.05) is 66.7 Å². The molecular formula is C27H25NO3. The van der Waals surface area contributed by atoms with Crippen LogP contribution in [-0.4, -0.2) is 29.5 Å². The molecule has 0 aromatic heterocycles. The minimum absolute atomic E-state index is 0.0388. The molecule has 0 saturated heterocycles. The first-order valence-electron chi connectivity index (χ1n) is 10.3. The van der Waals surface area contributed by atoms with Gasteiger partial charge in [0.25, 0.3) is 0 Å². The monoisotopic (exact) mass is 411 g/mol. The zero-order valence-corrected chi connectivity index (χ0v) is 17.1. The Labute approximate surface area is 182 Å². The second-order valence-corrected chi connectivity index (χ2v) is 7.23. The predicted octanol–water partition coefficient (Wildman–Crippen LogP) is 5.56. The van der Waals surface area contributed by atoms with Crippen LogP contribution in [-0.2, 0) is 0 Å². The summed E-state index contributed by atoms with van der Waals surface area (Å²) >= 11 is 0. The van der Waals surface area contributed by atoms with E-state index in [2.05, 4.69) is 53.4 Å². The Kier molecular flexibility index (Phi) is 6.62. The molecule has 4 aromatic carbocycles. The standard InChI is InChI=1S/C27H25NO3/c29-19-26(30)20-31-27-13-7-12-25(18-27)28(23-10-5-2-6-11-23)24-16-14-22(15-17-24)21-8-3-1-4-9-21/h1-18,26,29-30H,19-20H2. The highest BCUT2D eigenvalue weighted by molar-refractivity contribution is 5.78. The summed E-state index contributed by atoms with van der Waals surface area (Å²) in [6.07, 6.45) is -0.903. The topological polar surface area (TPSA) is 52.9 Å². The van der Waals surface area contributed by atoms with Crippen molar-refractivity contribution in [3.8, 4) is 16.9 Å². The fourth-order valence-corrected chi connectivity index (χ4v) is 3.42. The smallest absolute Gasteiger partial charge is 0.121 e. The molecule has 0 aliphatic rings. The Bertz CT molecular complexity index is 1080. The molecule has 1 unspecified atom stereocenters. The normalized spacial score (nSPS) is 11.7. The van der Waals surface area contributed by atoms with Gasteiger partial charge in [-0.15, -0.1) is 0 Å². The van der Waals surface area contributed by atoms with Crippen LogP contribution in [0.3, 0.4) is 0 Å². The molecule has 4 aromatic rings. The molecule has 156 valence electrons. The van der Waals surface area contributed by atoms with Gasteiger partial charge in [-0.3, -0.25) is 0 Å². The number of aliphatic hydroxyl groups excluding tert-OH is 2. The maximum absolute atomic E-state index is 9.59. The number of aliphatic hydroxyl groups is 2. The third kappa shape index (κ3) is 5.12. The molecule has 4 rings (SSSR count). The number of anilines is 3. The van der Waals surface area contributed by atoms with Crippen molar-refractivity contribution in [2.45, 2.75) is 6.10 Å². The minimum atomic E-state index is -0.903. The minimum Gasteiger partial charge on any atom is -0.491 e. The number of rotatable bonds is 8. The number of benzene rings is 4. The van der Waals surface area contributed by atoms with E-state index in [-0.39, 0.29) is 13.2 Å². The highest BCUT2D eigenvalue weighted by Gasteiger charge is 2.13. The first kappa shape index (κ1) is 20.7. The van der Waals surface area contributed by atoms with E-state index < -0.39 is 6.10 Å². The van der Waals surface area contributed by atoms with E-state index >= 15 is 0 Å². The molecule has 0 bridgehead atoms. The van der Waals surface area contributed by atoms with E-state index in [4.69, 9.17) is 9.84 Å². The van der Waals surface area contributed by atoms with Crippen LogP contribution >= 0.6 is 0 Å². The Morgan fingerprint density at radius 3 is 1.90 bits per heavy atom. The van der Waals surface area contributed by atoms with Gasteiger partial charge in [0.15, 0.2) is 0 Å². The van der Waals surface area contributed by atoms with Crippen molar-refractivity contribution in [1.82, 2.24) is 0 Å². The van der Waals surface area contributed by atoms with Crippen molar-refractivity contribution in [3.05, 3.63) is 109 Å². The van der Waals surface area contributed by atoms with Gasteiger partial charge in [0.2, 0.25) is 0 Å². The van der Waals surface area contributed by atoms with Gasteiger partial charge in [0, 0.05) is 23.1 Å². The second-order valence-electron chi connectivity index (χ2n) is 7.23. The zero-order valence-electron chi connectivity index (χ0n) is 17.1. The van der Waals surface area contributed by atoms with Crippen molar-refractivity contribution >= 4 is 17.1 Å².